The maximum atomic E-state index is 4.32. The Balaban J connectivity index is 1.90. The molecule has 0 aliphatic carbocycles. The molecule has 1 aromatic heterocycles. The van der Waals surface area contributed by atoms with Crippen LogP contribution in [0, 0.1) is 0 Å². The highest BCUT2D eigenvalue weighted by molar-refractivity contribution is 7.99. The van der Waals surface area contributed by atoms with Crippen LogP contribution >= 0.6 is 11.8 Å². The molecule has 0 fully saturated rings. The smallest absolute Gasteiger partial charge is 0.191 e. The molecule has 2 rings (SSSR count). The normalized spacial score (nSPS) is 17.5. The van der Waals surface area contributed by atoms with E-state index in [9.17, 15) is 0 Å². The Bertz CT molecular complexity index is 350. The molecule has 0 spiro atoms. The van der Waals surface area contributed by atoms with Gasteiger partial charge in [0.05, 0.1) is 0 Å². The molecule has 0 amide bonds. The zero-order valence-corrected chi connectivity index (χ0v) is 11.6. The van der Waals surface area contributed by atoms with Gasteiger partial charge in [-0.1, -0.05) is 18.2 Å². The Morgan fingerprint density at radius 2 is 2.24 bits per heavy atom. The lowest BCUT2D eigenvalue weighted by molar-refractivity contribution is 0.585. The lowest BCUT2D eigenvalue weighted by atomic mass is 10.2. The molecule has 2 heterocycles. The van der Waals surface area contributed by atoms with Crippen LogP contribution in [0.15, 0.2) is 5.16 Å². The van der Waals surface area contributed by atoms with Crippen molar-refractivity contribution in [3.63, 3.8) is 0 Å². The molecule has 1 atom stereocenters. The van der Waals surface area contributed by atoms with Crippen LogP contribution in [0.5, 0.6) is 0 Å². The van der Waals surface area contributed by atoms with Crippen molar-refractivity contribution in [1.29, 1.82) is 0 Å². The molecule has 5 heteroatoms. The molecule has 1 aliphatic rings. The van der Waals surface area contributed by atoms with Gasteiger partial charge in [-0.05, 0) is 33.2 Å². The van der Waals surface area contributed by atoms with E-state index in [-0.39, 0.29) is 0 Å². The first kappa shape index (κ1) is 12.9. The third-order valence-electron chi connectivity index (χ3n) is 3.35. The third-order valence-corrected chi connectivity index (χ3v) is 4.35. The lowest BCUT2D eigenvalue weighted by Crippen LogP contribution is -2.21. The van der Waals surface area contributed by atoms with Crippen LogP contribution in [0.2, 0.25) is 0 Å². The summed E-state index contributed by atoms with van der Waals surface area (Å²) in [6, 6.07) is 0.578. The Morgan fingerprint density at radius 1 is 1.35 bits per heavy atom. The molecule has 1 N–H and O–H groups in total. The summed E-state index contributed by atoms with van der Waals surface area (Å²) in [4.78, 5) is 0. The van der Waals surface area contributed by atoms with E-state index in [0.717, 1.165) is 23.9 Å². The largest absolute Gasteiger partial charge is 0.317 e. The summed E-state index contributed by atoms with van der Waals surface area (Å²) in [5.41, 5.74) is 0. The van der Waals surface area contributed by atoms with Crippen molar-refractivity contribution in [1.82, 2.24) is 20.1 Å². The molecule has 1 aliphatic heterocycles. The Hall–Kier alpha value is -0.550. The summed E-state index contributed by atoms with van der Waals surface area (Å²) in [5, 5.41) is 13.0. The van der Waals surface area contributed by atoms with Gasteiger partial charge in [0.15, 0.2) is 5.16 Å². The van der Waals surface area contributed by atoms with Crippen molar-refractivity contribution in [3.8, 4) is 0 Å². The van der Waals surface area contributed by atoms with Gasteiger partial charge in [0.1, 0.15) is 5.82 Å². The van der Waals surface area contributed by atoms with Gasteiger partial charge in [0.2, 0.25) is 0 Å². The van der Waals surface area contributed by atoms with Crippen LogP contribution in [0.3, 0.4) is 0 Å². The Kier molecular flexibility index (Phi) is 4.86. The highest BCUT2D eigenvalue weighted by Crippen LogP contribution is 2.22. The molecule has 0 aromatic carbocycles. The Labute approximate surface area is 108 Å². The predicted molar refractivity (Wildman–Crippen MR) is 71.4 cm³/mol. The van der Waals surface area contributed by atoms with Gasteiger partial charge < -0.3 is 9.88 Å². The van der Waals surface area contributed by atoms with Gasteiger partial charge in [0.25, 0.3) is 0 Å². The predicted octanol–water partition coefficient (Wildman–Crippen LogP) is 2.09. The molecular formula is C12H22N4S. The molecule has 0 saturated carbocycles. The minimum atomic E-state index is 0.578. The molecule has 0 radical (unpaired) electrons. The molecule has 1 aromatic rings. The van der Waals surface area contributed by atoms with E-state index in [1.54, 1.807) is 0 Å². The first-order chi connectivity index (χ1) is 8.31. The van der Waals surface area contributed by atoms with Crippen molar-refractivity contribution in [3.05, 3.63) is 5.82 Å². The van der Waals surface area contributed by atoms with E-state index >= 15 is 0 Å². The fraction of sp³-hybridized carbons (Fsp3) is 0.833. The number of rotatable bonds is 5. The lowest BCUT2D eigenvalue weighted by Gasteiger charge is -2.09. The fourth-order valence-corrected chi connectivity index (χ4v) is 3.14. The van der Waals surface area contributed by atoms with Gasteiger partial charge >= 0.3 is 0 Å². The SMILES string of the molecule is CNC(C)CCSc1nnc2n1CCCCC2. The molecule has 4 nitrogen and oxygen atoms in total. The van der Waals surface area contributed by atoms with Gasteiger partial charge in [-0.25, -0.2) is 0 Å². The standard InChI is InChI=1S/C12H22N4S/c1-10(13-2)7-9-17-12-15-14-11-6-4-3-5-8-16(11)12/h10,13H,3-9H2,1-2H3. The van der Waals surface area contributed by atoms with Gasteiger partial charge in [0, 0.05) is 24.8 Å². The van der Waals surface area contributed by atoms with E-state index in [1.807, 2.05) is 18.8 Å². The number of aryl methyl sites for hydroxylation is 1. The van der Waals surface area contributed by atoms with Gasteiger partial charge in [-0.3, -0.25) is 0 Å². The van der Waals surface area contributed by atoms with Crippen LogP contribution < -0.4 is 5.32 Å². The van der Waals surface area contributed by atoms with Gasteiger partial charge in [-0.2, -0.15) is 0 Å². The molecule has 0 saturated heterocycles. The maximum absolute atomic E-state index is 4.32. The average molecular weight is 254 g/mol. The number of fused-ring (bicyclic) bond motifs is 1. The fourth-order valence-electron chi connectivity index (χ4n) is 2.04. The summed E-state index contributed by atoms with van der Waals surface area (Å²) in [7, 11) is 2.01. The first-order valence-electron chi connectivity index (χ1n) is 6.53. The minimum Gasteiger partial charge on any atom is -0.317 e. The number of hydrogen-bond donors (Lipinski definition) is 1. The number of thioether (sulfide) groups is 1. The highest BCUT2D eigenvalue weighted by Gasteiger charge is 2.14. The quantitative estimate of drug-likeness (QED) is 0.817. The summed E-state index contributed by atoms with van der Waals surface area (Å²) >= 11 is 1.84. The second-order valence-corrected chi connectivity index (χ2v) is 5.75. The monoisotopic (exact) mass is 254 g/mol. The van der Waals surface area contributed by atoms with Crippen LogP contribution in [0.1, 0.15) is 38.4 Å². The molecular weight excluding hydrogens is 232 g/mol. The Morgan fingerprint density at radius 3 is 3.06 bits per heavy atom. The topological polar surface area (TPSA) is 42.7 Å². The van der Waals surface area contributed by atoms with Crippen LogP contribution in [0.4, 0.5) is 0 Å². The van der Waals surface area contributed by atoms with Crippen molar-refractivity contribution >= 4 is 11.8 Å². The summed E-state index contributed by atoms with van der Waals surface area (Å²) in [6.07, 6.45) is 6.12. The van der Waals surface area contributed by atoms with E-state index in [2.05, 4.69) is 27.0 Å². The van der Waals surface area contributed by atoms with Crippen molar-refractivity contribution < 1.29 is 0 Å². The number of nitrogens with zero attached hydrogens (tertiary/aromatic N) is 3. The summed E-state index contributed by atoms with van der Waals surface area (Å²) in [5.74, 6) is 2.30. The molecule has 1 unspecified atom stereocenters. The molecule has 17 heavy (non-hydrogen) atoms. The van der Waals surface area contributed by atoms with Crippen LogP contribution in [-0.2, 0) is 13.0 Å². The molecule has 0 bridgehead atoms. The number of nitrogens with one attached hydrogen (secondary N) is 1. The van der Waals surface area contributed by atoms with Crippen molar-refractivity contribution in [2.45, 2.75) is 56.8 Å². The number of aromatic nitrogens is 3. The van der Waals surface area contributed by atoms with E-state index in [1.165, 1.54) is 31.5 Å². The van der Waals surface area contributed by atoms with Gasteiger partial charge in [-0.15, -0.1) is 10.2 Å². The van der Waals surface area contributed by atoms with E-state index in [4.69, 9.17) is 0 Å². The summed E-state index contributed by atoms with van der Waals surface area (Å²) < 4.78 is 2.32. The zero-order chi connectivity index (χ0) is 12.1. The second kappa shape index (κ2) is 6.40. The summed E-state index contributed by atoms with van der Waals surface area (Å²) in [6.45, 7) is 3.32. The van der Waals surface area contributed by atoms with Crippen molar-refractivity contribution in [2.75, 3.05) is 12.8 Å². The van der Waals surface area contributed by atoms with Crippen LogP contribution in [-0.4, -0.2) is 33.6 Å². The average Bonchev–Trinajstić information content (AvgIpc) is 2.59. The van der Waals surface area contributed by atoms with E-state index < -0.39 is 0 Å². The first-order valence-corrected chi connectivity index (χ1v) is 7.52. The van der Waals surface area contributed by atoms with Crippen molar-refractivity contribution in [2.24, 2.45) is 0 Å². The third kappa shape index (κ3) is 3.45. The number of hydrogen-bond acceptors (Lipinski definition) is 4. The molecule has 96 valence electrons. The minimum absolute atomic E-state index is 0.578. The second-order valence-electron chi connectivity index (χ2n) is 4.69. The maximum Gasteiger partial charge on any atom is 0.191 e. The zero-order valence-electron chi connectivity index (χ0n) is 10.8. The highest BCUT2D eigenvalue weighted by atomic mass is 32.2. The van der Waals surface area contributed by atoms with Crippen LogP contribution in [0.25, 0.3) is 0 Å². The van der Waals surface area contributed by atoms with E-state index in [0.29, 0.717) is 6.04 Å².